The average Bonchev–Trinajstić information content (AvgIpc) is 2.66. The summed E-state index contributed by atoms with van der Waals surface area (Å²) in [4.78, 5) is 26.8. The fraction of sp³-hybridized carbons (Fsp3) is 0.600. The first-order valence-electron chi connectivity index (χ1n) is 10.1. The lowest BCUT2D eigenvalue weighted by molar-refractivity contribution is -0.127. The van der Waals surface area contributed by atoms with Crippen LogP contribution in [0.4, 0.5) is 5.69 Å². The van der Waals surface area contributed by atoms with Crippen molar-refractivity contribution in [2.45, 2.75) is 56.9 Å². The van der Waals surface area contributed by atoms with Crippen LogP contribution in [0.1, 0.15) is 46.0 Å². The highest BCUT2D eigenvalue weighted by Crippen LogP contribution is 2.18. The number of nitrogens with two attached hydrogens (primary N) is 1. The van der Waals surface area contributed by atoms with Gasteiger partial charge in [0.1, 0.15) is 0 Å². The molecule has 9 heteroatoms. The van der Waals surface area contributed by atoms with Crippen LogP contribution in [0.15, 0.2) is 29.2 Å². The summed E-state index contributed by atoms with van der Waals surface area (Å²) in [7, 11) is -3.75. The smallest absolute Gasteiger partial charge is 0.238 e. The molecule has 8 nitrogen and oxygen atoms in total. The summed E-state index contributed by atoms with van der Waals surface area (Å²) in [5, 5.41) is 10.9. The van der Waals surface area contributed by atoms with Crippen molar-refractivity contribution in [3.05, 3.63) is 24.3 Å². The Hall–Kier alpha value is -1.97. The van der Waals surface area contributed by atoms with Crippen LogP contribution in [0.2, 0.25) is 0 Å². The predicted molar refractivity (Wildman–Crippen MR) is 113 cm³/mol. The highest BCUT2D eigenvalue weighted by atomic mass is 32.2. The zero-order valence-electron chi connectivity index (χ0n) is 17.2. The van der Waals surface area contributed by atoms with Gasteiger partial charge in [0.15, 0.2) is 0 Å². The maximum Gasteiger partial charge on any atom is 0.238 e. The van der Waals surface area contributed by atoms with E-state index in [-0.39, 0.29) is 28.7 Å². The Bertz CT molecular complexity index is 795. The van der Waals surface area contributed by atoms with Crippen LogP contribution in [0.3, 0.4) is 0 Å². The van der Waals surface area contributed by atoms with Crippen molar-refractivity contribution >= 4 is 27.5 Å². The van der Waals surface area contributed by atoms with E-state index in [0.717, 1.165) is 32.2 Å². The Morgan fingerprint density at radius 1 is 1.28 bits per heavy atom. The van der Waals surface area contributed by atoms with E-state index in [0.29, 0.717) is 25.2 Å². The molecule has 1 saturated heterocycles. The monoisotopic (exact) mass is 424 g/mol. The van der Waals surface area contributed by atoms with Crippen LogP contribution in [0, 0.1) is 5.92 Å². The number of benzene rings is 1. The van der Waals surface area contributed by atoms with Gasteiger partial charge in [0.2, 0.25) is 21.8 Å². The highest BCUT2D eigenvalue weighted by molar-refractivity contribution is 7.89. The standard InChI is InChI=1S/C20H32N4O4S/c1-3-5-15(2)22-20(26)16-6-4-12-24(14-16)13-11-19(25)23-17-7-9-18(10-8-17)29(21,27)28/h7-10,15-16H,3-6,11-14H2,1-2H3,(H,22,26)(H,23,25)(H2,21,27,28). The number of sulfonamides is 1. The number of nitrogens with one attached hydrogen (secondary N) is 2. The molecule has 0 saturated carbocycles. The van der Waals surface area contributed by atoms with Crippen LogP contribution in [-0.4, -0.2) is 50.8 Å². The number of primary sulfonamides is 1. The Morgan fingerprint density at radius 3 is 2.59 bits per heavy atom. The van der Waals surface area contributed by atoms with Crippen LogP contribution >= 0.6 is 0 Å². The van der Waals surface area contributed by atoms with Crippen molar-refractivity contribution in [1.82, 2.24) is 10.2 Å². The summed E-state index contributed by atoms with van der Waals surface area (Å²) in [6.45, 7) is 6.26. The first kappa shape index (κ1) is 23.3. The van der Waals surface area contributed by atoms with E-state index in [1.807, 2.05) is 6.92 Å². The molecule has 1 heterocycles. The van der Waals surface area contributed by atoms with Crippen LogP contribution in [-0.2, 0) is 19.6 Å². The van der Waals surface area contributed by atoms with Crippen molar-refractivity contribution in [1.29, 1.82) is 0 Å². The quantitative estimate of drug-likeness (QED) is 0.557. The molecule has 162 valence electrons. The van der Waals surface area contributed by atoms with Gasteiger partial charge in [0.25, 0.3) is 0 Å². The number of hydrogen-bond donors (Lipinski definition) is 3. The maximum absolute atomic E-state index is 12.4. The Kier molecular flexibility index (Phi) is 8.60. The number of carbonyl (C=O) groups excluding carboxylic acids is 2. The molecule has 1 aliphatic rings. The second kappa shape index (κ2) is 10.7. The third kappa shape index (κ3) is 7.75. The van der Waals surface area contributed by atoms with Crippen molar-refractivity contribution in [3.63, 3.8) is 0 Å². The molecule has 0 spiro atoms. The molecule has 29 heavy (non-hydrogen) atoms. The number of anilines is 1. The van der Waals surface area contributed by atoms with E-state index in [4.69, 9.17) is 5.14 Å². The molecule has 1 aromatic rings. The van der Waals surface area contributed by atoms with Gasteiger partial charge in [-0.2, -0.15) is 0 Å². The molecular formula is C20H32N4O4S. The molecule has 1 aliphatic heterocycles. The number of carbonyl (C=O) groups is 2. The summed E-state index contributed by atoms with van der Waals surface area (Å²) in [5.74, 6) is -0.0802. The van der Waals surface area contributed by atoms with Gasteiger partial charge in [-0.15, -0.1) is 0 Å². The van der Waals surface area contributed by atoms with E-state index >= 15 is 0 Å². The number of piperidine rings is 1. The summed E-state index contributed by atoms with van der Waals surface area (Å²) < 4.78 is 22.5. The SMILES string of the molecule is CCCC(C)NC(=O)C1CCCN(CCC(=O)Nc2ccc(S(N)(=O)=O)cc2)C1. The minimum Gasteiger partial charge on any atom is -0.353 e. The molecule has 2 atom stereocenters. The van der Waals surface area contributed by atoms with Gasteiger partial charge in [-0.05, 0) is 57.0 Å². The zero-order valence-corrected chi connectivity index (χ0v) is 18.0. The lowest BCUT2D eigenvalue weighted by atomic mass is 9.96. The fourth-order valence-corrected chi connectivity index (χ4v) is 4.07. The lowest BCUT2D eigenvalue weighted by Crippen LogP contribution is -2.45. The summed E-state index contributed by atoms with van der Waals surface area (Å²) >= 11 is 0. The Morgan fingerprint density at radius 2 is 1.97 bits per heavy atom. The number of rotatable bonds is 9. The molecule has 4 N–H and O–H groups in total. The molecule has 2 unspecified atom stereocenters. The third-order valence-electron chi connectivity index (χ3n) is 5.11. The van der Waals surface area contributed by atoms with E-state index in [1.54, 1.807) is 0 Å². The molecule has 1 aromatic carbocycles. The van der Waals surface area contributed by atoms with E-state index in [1.165, 1.54) is 24.3 Å². The number of hydrogen-bond acceptors (Lipinski definition) is 5. The lowest BCUT2D eigenvalue weighted by Gasteiger charge is -2.32. The third-order valence-corrected chi connectivity index (χ3v) is 6.04. The van der Waals surface area contributed by atoms with Crippen LogP contribution in [0.25, 0.3) is 0 Å². The fourth-order valence-electron chi connectivity index (χ4n) is 3.55. The summed E-state index contributed by atoms with van der Waals surface area (Å²) in [6.07, 6.45) is 4.14. The van der Waals surface area contributed by atoms with Crippen molar-refractivity contribution in [2.24, 2.45) is 11.1 Å². The van der Waals surface area contributed by atoms with Crippen molar-refractivity contribution < 1.29 is 18.0 Å². The van der Waals surface area contributed by atoms with Crippen molar-refractivity contribution in [2.75, 3.05) is 25.0 Å². The molecule has 0 aromatic heterocycles. The molecule has 2 rings (SSSR count). The average molecular weight is 425 g/mol. The van der Waals surface area contributed by atoms with E-state index in [2.05, 4.69) is 22.5 Å². The number of amides is 2. The number of nitrogens with zero attached hydrogens (tertiary/aromatic N) is 1. The summed E-state index contributed by atoms with van der Waals surface area (Å²) in [6, 6.07) is 5.93. The molecular weight excluding hydrogens is 392 g/mol. The molecule has 1 fully saturated rings. The van der Waals surface area contributed by atoms with Crippen LogP contribution in [0.5, 0.6) is 0 Å². The predicted octanol–water partition coefficient (Wildman–Crippen LogP) is 1.68. The van der Waals surface area contributed by atoms with Gasteiger partial charge < -0.3 is 15.5 Å². The van der Waals surface area contributed by atoms with Gasteiger partial charge >= 0.3 is 0 Å². The second-order valence-electron chi connectivity index (χ2n) is 7.71. The topological polar surface area (TPSA) is 122 Å². The Labute approximate surface area is 173 Å². The largest absolute Gasteiger partial charge is 0.353 e. The van der Waals surface area contributed by atoms with E-state index in [9.17, 15) is 18.0 Å². The van der Waals surface area contributed by atoms with Gasteiger partial charge in [-0.3, -0.25) is 9.59 Å². The van der Waals surface area contributed by atoms with Gasteiger partial charge in [0, 0.05) is 31.2 Å². The van der Waals surface area contributed by atoms with Gasteiger partial charge in [-0.25, -0.2) is 13.6 Å². The van der Waals surface area contributed by atoms with Crippen molar-refractivity contribution in [3.8, 4) is 0 Å². The van der Waals surface area contributed by atoms with Gasteiger partial charge in [-0.1, -0.05) is 13.3 Å². The van der Waals surface area contributed by atoms with Crippen LogP contribution < -0.4 is 15.8 Å². The van der Waals surface area contributed by atoms with E-state index < -0.39 is 10.0 Å². The minimum absolute atomic E-state index is 0.00129. The zero-order chi connectivity index (χ0) is 21.4. The Balaban J connectivity index is 1.78. The first-order valence-corrected chi connectivity index (χ1v) is 11.7. The minimum atomic E-state index is -3.75. The molecule has 0 radical (unpaired) electrons. The summed E-state index contributed by atoms with van der Waals surface area (Å²) in [5.41, 5.74) is 0.517. The first-order chi connectivity index (χ1) is 13.7. The normalized spacial score (nSPS) is 18.8. The highest BCUT2D eigenvalue weighted by Gasteiger charge is 2.26. The number of likely N-dealkylation sites (tertiary alicyclic amines) is 1. The molecule has 0 bridgehead atoms. The molecule has 0 aliphatic carbocycles. The maximum atomic E-state index is 12.4. The van der Waals surface area contributed by atoms with Gasteiger partial charge in [0.05, 0.1) is 10.8 Å². The molecule has 2 amide bonds. The second-order valence-corrected chi connectivity index (χ2v) is 9.27.